The molecule has 0 bridgehead atoms. The second kappa shape index (κ2) is 3.50. The third-order valence-corrected chi connectivity index (χ3v) is 2.71. The van der Waals surface area contributed by atoms with Gasteiger partial charge in [0.05, 0.1) is 0 Å². The van der Waals surface area contributed by atoms with Crippen LogP contribution in [0.15, 0.2) is 0 Å². The maximum atomic E-state index is 8.01. The smallest absolute Gasteiger partial charge is 0.235 e. The molecule has 32 valence electrons. The monoisotopic (exact) mass is 117 g/mol. The summed E-state index contributed by atoms with van der Waals surface area (Å²) in [6, 6.07) is 0. The van der Waals surface area contributed by atoms with Gasteiger partial charge in [-0.3, -0.25) is 0 Å². The summed E-state index contributed by atoms with van der Waals surface area (Å²) in [7, 11) is 5.43. The Morgan fingerprint density at radius 2 is 2.50 bits per heavy atom. The molecule has 0 aliphatic heterocycles. The first-order chi connectivity index (χ1) is 2.81. The van der Waals surface area contributed by atoms with Gasteiger partial charge in [-0.15, -0.1) is 0 Å². The van der Waals surface area contributed by atoms with Crippen LogP contribution < -0.4 is 0 Å². The fourth-order valence-corrected chi connectivity index (χ4v) is 0.274. The predicted molar refractivity (Wildman–Crippen MR) is 27.7 cm³/mol. The van der Waals surface area contributed by atoms with Gasteiger partial charge in [-0.05, 0) is 4.93 Å². The highest BCUT2D eigenvalue weighted by molar-refractivity contribution is 7.11. The fraction of sp³-hybridized carbons (Fsp3) is 0.667. The van der Waals surface area contributed by atoms with Gasteiger partial charge in [-0.25, -0.2) is 15.3 Å². The molecule has 0 rings (SSSR count). The minimum atomic E-state index is -1.38. The van der Waals surface area contributed by atoms with Crippen molar-refractivity contribution in [1.82, 2.24) is 0 Å². The van der Waals surface area contributed by atoms with Crippen LogP contribution in [0.4, 0.5) is 0 Å². The lowest BCUT2D eigenvalue weighted by Gasteiger charge is -1.74. The van der Waals surface area contributed by atoms with E-state index in [1.807, 2.05) is 11.9 Å². The van der Waals surface area contributed by atoms with E-state index in [9.17, 15) is 0 Å². The van der Waals surface area contributed by atoms with Gasteiger partial charge in [0.2, 0.25) is 0 Å². The largest absolute Gasteiger partial charge is 0.542 e. The molecule has 0 spiro atoms. The van der Waals surface area contributed by atoms with Crippen molar-refractivity contribution in [2.45, 2.75) is 12.2 Å². The predicted octanol–water partition coefficient (Wildman–Crippen LogP) is 1.30. The normalized spacial score (nSPS) is 6.83. The number of halogens is 1. The van der Waals surface area contributed by atoms with E-state index in [0.29, 0.717) is 0 Å². The molecule has 0 atom stereocenters. The van der Waals surface area contributed by atoms with Crippen LogP contribution in [0.2, 0.25) is 5.28 Å². The van der Waals surface area contributed by atoms with Crippen LogP contribution in [0.25, 0.3) is 0 Å². The molecule has 0 heterocycles. The zero-order valence-corrected chi connectivity index (χ0v) is 5.52. The Balaban J connectivity index is 3.04. The summed E-state index contributed by atoms with van der Waals surface area (Å²) >= 11 is -1.38. The highest BCUT2D eigenvalue weighted by atomic mass is 35.6. The average molecular weight is 118 g/mol. The Kier molecular flexibility index (Phi) is 3.68. The van der Waals surface area contributed by atoms with E-state index in [-0.39, 0.29) is 0 Å². The fourth-order valence-electron chi connectivity index (χ4n) is 0.0913. The molecule has 0 amide bonds. The molecule has 0 aromatic heterocycles. The van der Waals surface area contributed by atoms with Crippen molar-refractivity contribution in [3.05, 3.63) is 0 Å². The van der Waals surface area contributed by atoms with E-state index in [1.165, 1.54) is 0 Å². The highest BCUT2D eigenvalue weighted by Gasteiger charge is 2.08. The van der Waals surface area contributed by atoms with Gasteiger partial charge in [0.15, 0.2) is 0 Å². The SMILES string of the molecule is C[CH2][Al]([Cl])[C]#N. The van der Waals surface area contributed by atoms with Crippen LogP contribution in [0.5, 0.6) is 0 Å². The highest BCUT2D eigenvalue weighted by Crippen LogP contribution is 1.91. The van der Waals surface area contributed by atoms with E-state index in [1.54, 1.807) is 0 Å². The molecular formula is C3H5AlClN. The van der Waals surface area contributed by atoms with Crippen LogP contribution in [0.3, 0.4) is 0 Å². The standard InChI is InChI=1S/C2H5.CN.Al.ClH/c2*1-2;;/h1H2,2H3;;;1H/q;;+1;/p-1. The molecule has 0 saturated carbocycles. The summed E-state index contributed by atoms with van der Waals surface area (Å²) in [4.78, 5) is 2.02. The summed E-state index contributed by atoms with van der Waals surface area (Å²) in [6.45, 7) is 1.94. The second-order valence-electron chi connectivity index (χ2n) is 1.00. The van der Waals surface area contributed by atoms with Crippen LogP contribution in [0.1, 0.15) is 6.92 Å². The van der Waals surface area contributed by atoms with Crippen LogP contribution in [0, 0.1) is 10.2 Å². The minimum Gasteiger partial charge on any atom is -0.235 e. The molecule has 0 unspecified atom stereocenters. The summed E-state index contributed by atoms with van der Waals surface area (Å²) in [5, 5.41) is 8.89. The quantitative estimate of drug-likeness (QED) is 0.475. The molecule has 0 radical (unpaired) electrons. The summed E-state index contributed by atoms with van der Waals surface area (Å²) in [5.74, 6) is 0. The van der Waals surface area contributed by atoms with Crippen molar-refractivity contribution < 1.29 is 0 Å². The van der Waals surface area contributed by atoms with Crippen LogP contribution in [-0.2, 0) is 0 Å². The molecular weight excluding hydrogens is 112 g/mol. The Hall–Kier alpha value is 0.312. The van der Waals surface area contributed by atoms with Gasteiger partial charge in [0.1, 0.15) is 0 Å². The first kappa shape index (κ1) is 6.31. The molecule has 0 fully saturated rings. The van der Waals surface area contributed by atoms with E-state index < -0.39 is 13.2 Å². The topological polar surface area (TPSA) is 23.8 Å². The van der Waals surface area contributed by atoms with Crippen LogP contribution in [-0.4, -0.2) is 13.2 Å². The summed E-state index contributed by atoms with van der Waals surface area (Å²) in [6.07, 6.45) is 0. The Labute approximate surface area is 46.1 Å². The second-order valence-corrected chi connectivity index (χ2v) is 4.60. The Bertz CT molecular complexity index is 67.7. The molecule has 0 saturated heterocycles. The van der Waals surface area contributed by atoms with Gasteiger partial charge in [-0.2, -0.15) is 0 Å². The zero-order valence-electron chi connectivity index (χ0n) is 3.61. The molecule has 0 N–H and O–H groups in total. The number of hydrogen-bond donors (Lipinski definition) is 0. The lowest BCUT2D eigenvalue weighted by Crippen LogP contribution is -1.93. The lowest BCUT2D eigenvalue weighted by atomic mass is 11.0. The Morgan fingerprint density at radius 1 is 2.00 bits per heavy atom. The van der Waals surface area contributed by atoms with Crippen molar-refractivity contribution in [2.75, 3.05) is 0 Å². The number of nitriles is 1. The number of rotatable bonds is 1. The Morgan fingerprint density at radius 3 is 2.50 bits per heavy atom. The third kappa shape index (κ3) is 2.54. The van der Waals surface area contributed by atoms with Gasteiger partial charge in [-0.1, -0.05) is 12.2 Å². The van der Waals surface area contributed by atoms with Crippen molar-refractivity contribution in [3.63, 3.8) is 0 Å². The van der Waals surface area contributed by atoms with E-state index in [2.05, 4.69) is 0 Å². The third-order valence-electron chi connectivity index (χ3n) is 0.499. The minimum absolute atomic E-state index is 0.873. The lowest BCUT2D eigenvalue weighted by molar-refractivity contribution is 1.44. The maximum absolute atomic E-state index is 8.01. The van der Waals surface area contributed by atoms with Gasteiger partial charge in [0.25, 0.3) is 0 Å². The summed E-state index contributed by atoms with van der Waals surface area (Å²) < 4.78 is 0. The summed E-state index contributed by atoms with van der Waals surface area (Å²) in [5.41, 5.74) is 0. The molecule has 0 aliphatic rings. The van der Waals surface area contributed by atoms with E-state index in [0.717, 1.165) is 5.28 Å². The van der Waals surface area contributed by atoms with Gasteiger partial charge < -0.3 is 0 Å². The van der Waals surface area contributed by atoms with Crippen molar-refractivity contribution >= 4 is 23.3 Å². The molecule has 1 nitrogen and oxygen atoms in total. The molecule has 6 heavy (non-hydrogen) atoms. The zero-order chi connectivity index (χ0) is 4.99. The maximum Gasteiger partial charge on any atom is 0.542 e. The van der Waals surface area contributed by atoms with Crippen molar-refractivity contribution in [3.8, 4) is 4.93 Å². The number of nitrogens with zero attached hydrogens (tertiary/aromatic N) is 1. The average Bonchev–Trinajstić information content (AvgIpc) is 1.65. The van der Waals surface area contributed by atoms with E-state index >= 15 is 0 Å². The number of hydrogen-bond acceptors (Lipinski definition) is 1. The molecule has 0 aromatic carbocycles. The first-order valence-corrected chi connectivity index (χ1v) is 4.99. The van der Waals surface area contributed by atoms with E-state index in [4.69, 9.17) is 15.3 Å². The molecule has 0 aliphatic carbocycles. The van der Waals surface area contributed by atoms with Gasteiger partial charge >= 0.3 is 13.2 Å². The first-order valence-electron chi connectivity index (χ1n) is 1.85. The van der Waals surface area contributed by atoms with Crippen molar-refractivity contribution in [1.29, 1.82) is 5.26 Å². The molecule has 0 aromatic rings. The molecule has 3 heteroatoms. The van der Waals surface area contributed by atoms with Gasteiger partial charge in [0, 0.05) is 0 Å². The van der Waals surface area contributed by atoms with Crippen LogP contribution >= 0.6 is 10.0 Å². The van der Waals surface area contributed by atoms with Crippen molar-refractivity contribution in [2.24, 2.45) is 0 Å².